The monoisotopic (exact) mass is 388 g/mol. The Morgan fingerprint density at radius 3 is 2.00 bits per heavy atom. The van der Waals surface area contributed by atoms with Crippen molar-refractivity contribution < 1.29 is 8.91 Å². The van der Waals surface area contributed by atoms with E-state index in [-0.39, 0.29) is 24.2 Å². The van der Waals surface area contributed by atoms with Crippen LogP contribution in [0.25, 0.3) is 0 Å². The molecule has 1 unspecified atom stereocenters. The molecule has 3 heteroatoms. The number of hydrogen-bond acceptors (Lipinski definition) is 2. The Kier molecular flexibility index (Phi) is 6.50. The molecule has 0 saturated carbocycles. The molecule has 1 aliphatic heterocycles. The Labute approximate surface area is 174 Å². The first-order valence-corrected chi connectivity index (χ1v) is 9.71. The summed E-state index contributed by atoms with van der Waals surface area (Å²) in [7, 11) is 0. The Morgan fingerprint density at radius 2 is 1.52 bits per heavy atom. The van der Waals surface area contributed by atoms with E-state index in [1.807, 2.05) is 60.7 Å². The zero-order valence-corrected chi connectivity index (χ0v) is 16.9. The normalized spacial score (nSPS) is 18.5. The minimum absolute atomic E-state index is 0. The maximum absolute atomic E-state index is 13.7. The third-order valence-corrected chi connectivity index (χ3v) is 5.79. The fourth-order valence-corrected chi connectivity index (χ4v) is 4.37. The zero-order chi connectivity index (χ0) is 20.9. The van der Waals surface area contributed by atoms with Crippen LogP contribution < -0.4 is 0 Å². The Balaban J connectivity index is 0.00000320. The van der Waals surface area contributed by atoms with Crippen LogP contribution in [0, 0.1) is 0 Å². The molecule has 0 aliphatic carbocycles. The van der Waals surface area contributed by atoms with Crippen LogP contribution in [0.2, 0.25) is 0 Å². The van der Waals surface area contributed by atoms with Gasteiger partial charge in [-0.15, -0.1) is 12.4 Å². The number of hydrogen-bond donors (Lipinski definition) is 0. The third-order valence-electron chi connectivity index (χ3n) is 5.79. The highest BCUT2D eigenvalue weighted by atomic mass is 35.5. The molecule has 146 valence electrons. The van der Waals surface area contributed by atoms with E-state index in [1.54, 1.807) is 0 Å². The second kappa shape index (κ2) is 10.1. The van der Waals surface area contributed by atoms with Gasteiger partial charge in [0.1, 0.15) is 5.78 Å². The lowest BCUT2D eigenvalue weighted by atomic mass is 9.66. The molecule has 27 heavy (non-hydrogen) atoms. The van der Waals surface area contributed by atoms with Gasteiger partial charge in [0.25, 0.3) is 0 Å². The molecule has 2 nitrogen and oxygen atoms in total. The SMILES string of the molecule is Cl.[2H]C([2H])([2H])CC(=O)C(CC(C)N1CCCCC1)(c1ccccc1)c1ccccc1. The Morgan fingerprint density at radius 1 is 1.00 bits per heavy atom. The summed E-state index contributed by atoms with van der Waals surface area (Å²) in [4.78, 5) is 16.2. The molecule has 0 spiro atoms. The van der Waals surface area contributed by atoms with Gasteiger partial charge in [-0.05, 0) is 50.4 Å². The van der Waals surface area contributed by atoms with Crippen molar-refractivity contribution in [3.8, 4) is 0 Å². The molecular weight excluding hydrogens is 354 g/mol. The van der Waals surface area contributed by atoms with Crippen molar-refractivity contribution in [3.63, 3.8) is 0 Å². The number of ketones is 1. The molecule has 0 N–H and O–H groups in total. The summed E-state index contributed by atoms with van der Waals surface area (Å²) in [6.07, 6.45) is 3.76. The van der Waals surface area contributed by atoms with Gasteiger partial charge in [0.15, 0.2) is 0 Å². The van der Waals surface area contributed by atoms with Gasteiger partial charge in [0, 0.05) is 16.6 Å². The lowest BCUT2D eigenvalue weighted by molar-refractivity contribution is -0.123. The van der Waals surface area contributed by atoms with Gasteiger partial charge in [-0.2, -0.15) is 0 Å². The van der Waals surface area contributed by atoms with Crippen LogP contribution in [0.3, 0.4) is 0 Å². The van der Waals surface area contributed by atoms with Gasteiger partial charge in [-0.1, -0.05) is 73.9 Å². The van der Waals surface area contributed by atoms with Crippen molar-refractivity contribution in [1.29, 1.82) is 0 Å². The number of halogens is 1. The summed E-state index contributed by atoms with van der Waals surface area (Å²) in [5.74, 6) is -0.223. The highest BCUT2D eigenvalue weighted by molar-refractivity contribution is 5.93. The van der Waals surface area contributed by atoms with Gasteiger partial charge < -0.3 is 4.90 Å². The lowest BCUT2D eigenvalue weighted by Crippen LogP contribution is -2.46. The van der Waals surface area contributed by atoms with Gasteiger partial charge in [0.2, 0.25) is 0 Å². The number of rotatable bonds is 7. The van der Waals surface area contributed by atoms with E-state index in [9.17, 15) is 4.79 Å². The maximum Gasteiger partial charge on any atom is 0.147 e. The Bertz CT molecular complexity index is 750. The van der Waals surface area contributed by atoms with Gasteiger partial charge in [0.05, 0.1) is 5.41 Å². The standard InChI is InChI=1S/C24H31NO.ClH/c1-3-23(26)24(21-13-7-4-8-14-21,22-15-9-5-10-16-22)19-20(2)25-17-11-6-12-18-25;/h4-5,7-10,13-16,20H,3,6,11-12,17-19H2,1-2H3;1H/i1D3;. The van der Waals surface area contributed by atoms with E-state index in [1.165, 1.54) is 19.3 Å². The first-order valence-electron chi connectivity index (χ1n) is 11.2. The van der Waals surface area contributed by atoms with Crippen LogP contribution in [0.4, 0.5) is 0 Å². The van der Waals surface area contributed by atoms with Crippen molar-refractivity contribution in [2.24, 2.45) is 0 Å². The van der Waals surface area contributed by atoms with Crippen LogP contribution in [0.1, 0.15) is 61.1 Å². The molecule has 1 saturated heterocycles. The first kappa shape index (κ1) is 17.5. The summed E-state index contributed by atoms with van der Waals surface area (Å²) in [6, 6.07) is 19.6. The van der Waals surface area contributed by atoms with E-state index in [0.29, 0.717) is 6.42 Å². The van der Waals surface area contributed by atoms with E-state index in [0.717, 1.165) is 24.2 Å². The van der Waals surface area contributed by atoms with Crippen molar-refractivity contribution in [3.05, 3.63) is 71.8 Å². The summed E-state index contributed by atoms with van der Waals surface area (Å²) in [6.45, 7) is 1.96. The van der Waals surface area contributed by atoms with Crippen molar-refractivity contribution >= 4 is 18.2 Å². The highest BCUT2D eigenvalue weighted by Gasteiger charge is 2.42. The van der Waals surface area contributed by atoms with Crippen LogP contribution >= 0.6 is 12.4 Å². The average Bonchev–Trinajstić information content (AvgIpc) is 2.72. The molecule has 1 fully saturated rings. The predicted octanol–water partition coefficient (Wildman–Crippen LogP) is 5.64. The summed E-state index contributed by atoms with van der Waals surface area (Å²) in [5.41, 5.74) is 0.793. The molecule has 0 amide bonds. The lowest BCUT2D eigenvalue weighted by Gasteiger charge is -2.40. The van der Waals surface area contributed by atoms with Crippen LogP contribution in [-0.2, 0) is 10.2 Å². The molecule has 3 rings (SSSR count). The van der Waals surface area contributed by atoms with E-state index in [4.69, 9.17) is 4.11 Å². The molecule has 1 heterocycles. The zero-order valence-electron chi connectivity index (χ0n) is 19.1. The number of likely N-dealkylation sites (tertiary alicyclic amines) is 1. The predicted molar refractivity (Wildman–Crippen MR) is 116 cm³/mol. The van der Waals surface area contributed by atoms with Crippen LogP contribution in [0.5, 0.6) is 0 Å². The average molecular weight is 389 g/mol. The highest BCUT2D eigenvalue weighted by Crippen LogP contribution is 2.40. The van der Waals surface area contributed by atoms with E-state index >= 15 is 0 Å². The molecule has 2 aromatic rings. The topological polar surface area (TPSA) is 20.3 Å². The summed E-state index contributed by atoms with van der Waals surface area (Å²) < 4.78 is 23.2. The minimum Gasteiger partial charge on any atom is -0.301 e. The van der Waals surface area contributed by atoms with Crippen molar-refractivity contribution in [2.45, 2.75) is 57.3 Å². The second-order valence-corrected chi connectivity index (χ2v) is 7.39. The van der Waals surface area contributed by atoms with Crippen molar-refractivity contribution in [1.82, 2.24) is 4.90 Å². The second-order valence-electron chi connectivity index (χ2n) is 7.39. The molecular formula is C24H32ClNO. The molecule has 1 atom stereocenters. The van der Waals surface area contributed by atoms with Gasteiger partial charge in [-0.3, -0.25) is 4.79 Å². The van der Waals surface area contributed by atoms with Crippen LogP contribution in [0.15, 0.2) is 60.7 Å². The number of piperidine rings is 1. The fourth-order valence-electron chi connectivity index (χ4n) is 4.37. The number of carbonyl (C=O) groups is 1. The van der Waals surface area contributed by atoms with E-state index in [2.05, 4.69) is 11.8 Å². The molecule has 0 bridgehead atoms. The maximum atomic E-state index is 13.7. The van der Waals surface area contributed by atoms with Gasteiger partial charge in [-0.25, -0.2) is 0 Å². The smallest absolute Gasteiger partial charge is 0.147 e. The largest absolute Gasteiger partial charge is 0.301 e. The fraction of sp³-hybridized carbons (Fsp3) is 0.458. The van der Waals surface area contributed by atoms with Crippen molar-refractivity contribution in [2.75, 3.05) is 13.1 Å². The number of benzene rings is 2. The molecule has 0 aromatic heterocycles. The molecule has 0 radical (unpaired) electrons. The number of nitrogens with zero attached hydrogens (tertiary/aromatic N) is 1. The van der Waals surface area contributed by atoms with Crippen LogP contribution in [-0.4, -0.2) is 29.8 Å². The number of carbonyl (C=O) groups excluding carboxylic acids is 1. The minimum atomic E-state index is -2.29. The first-order chi connectivity index (χ1) is 13.8. The summed E-state index contributed by atoms with van der Waals surface area (Å²) in [5, 5.41) is 0. The Hall–Kier alpha value is -1.64. The number of Topliss-reactive ketones (excluding diaryl/α,β-unsaturated/α-hetero) is 1. The molecule has 2 aromatic carbocycles. The summed E-state index contributed by atoms with van der Waals surface area (Å²) >= 11 is 0. The third kappa shape index (κ3) is 4.62. The molecule has 1 aliphatic rings. The van der Waals surface area contributed by atoms with Gasteiger partial charge >= 0.3 is 0 Å². The van der Waals surface area contributed by atoms with E-state index < -0.39 is 18.7 Å². The quantitative estimate of drug-likeness (QED) is 0.611.